The van der Waals surface area contributed by atoms with Gasteiger partial charge in [0.2, 0.25) is 0 Å². The van der Waals surface area contributed by atoms with Crippen LogP contribution in [0.5, 0.6) is 0 Å². The molecule has 2 N–H and O–H groups in total. The van der Waals surface area contributed by atoms with Gasteiger partial charge in [0.25, 0.3) is 0 Å². The van der Waals surface area contributed by atoms with Crippen LogP contribution in [0.1, 0.15) is 50.0 Å². The molecule has 0 amide bonds. The number of imidazole rings is 1. The monoisotopic (exact) mass is 356 g/mol. The summed E-state index contributed by atoms with van der Waals surface area (Å²) in [7, 11) is 0. The second kappa shape index (κ2) is 5.23. The highest BCUT2D eigenvalue weighted by Gasteiger charge is 2.40. The molecule has 0 aliphatic heterocycles. The van der Waals surface area contributed by atoms with Crippen molar-refractivity contribution in [1.29, 1.82) is 0 Å². The Morgan fingerprint density at radius 3 is 2.50 bits per heavy atom. The Morgan fingerprint density at radius 2 is 1.90 bits per heavy atom. The molecule has 0 bridgehead atoms. The standard InChI is InChI=1S/C15H18BrClN2O/c1-2-15(5-3-4-6-15)13(17)9-7-11-12(8-10(9)16)19-14(20)18-11/h7-8,13H,2-6H2,1H3,(H2,18,19,20). The fourth-order valence-corrected chi connectivity index (χ4v) is 4.72. The van der Waals surface area contributed by atoms with E-state index < -0.39 is 0 Å². The van der Waals surface area contributed by atoms with Crippen LogP contribution < -0.4 is 5.69 Å². The average molecular weight is 358 g/mol. The van der Waals surface area contributed by atoms with Crippen molar-refractivity contribution < 1.29 is 0 Å². The van der Waals surface area contributed by atoms with E-state index in [1.807, 2.05) is 12.1 Å². The topological polar surface area (TPSA) is 48.6 Å². The predicted octanol–water partition coefficient (Wildman–Crippen LogP) is 4.87. The lowest BCUT2D eigenvalue weighted by Crippen LogP contribution is -2.21. The Kier molecular flexibility index (Phi) is 3.71. The maximum absolute atomic E-state index is 11.4. The van der Waals surface area contributed by atoms with Crippen LogP contribution in [0.15, 0.2) is 21.4 Å². The number of halogens is 2. The maximum Gasteiger partial charge on any atom is 0.323 e. The minimum Gasteiger partial charge on any atom is -0.306 e. The summed E-state index contributed by atoms with van der Waals surface area (Å²) in [5, 5.41) is -0.0211. The van der Waals surface area contributed by atoms with E-state index >= 15 is 0 Å². The molecule has 1 fully saturated rings. The van der Waals surface area contributed by atoms with Crippen LogP contribution in [-0.2, 0) is 0 Å². The number of rotatable bonds is 3. The van der Waals surface area contributed by atoms with Crippen molar-refractivity contribution in [2.24, 2.45) is 5.41 Å². The Labute approximate surface area is 131 Å². The lowest BCUT2D eigenvalue weighted by atomic mass is 9.77. The number of fused-ring (bicyclic) bond motifs is 1. The van der Waals surface area contributed by atoms with Gasteiger partial charge in [-0.3, -0.25) is 0 Å². The van der Waals surface area contributed by atoms with E-state index in [0.717, 1.165) is 27.5 Å². The van der Waals surface area contributed by atoms with Crippen molar-refractivity contribution in [2.45, 2.75) is 44.4 Å². The normalized spacial score (nSPS) is 19.6. The van der Waals surface area contributed by atoms with E-state index in [0.29, 0.717) is 0 Å². The molecule has 1 unspecified atom stereocenters. The van der Waals surface area contributed by atoms with E-state index in [2.05, 4.69) is 32.8 Å². The molecule has 1 aromatic heterocycles. The average Bonchev–Trinajstić information content (AvgIpc) is 3.03. The highest BCUT2D eigenvalue weighted by Crippen LogP contribution is 2.54. The predicted molar refractivity (Wildman–Crippen MR) is 86.4 cm³/mol. The third-order valence-corrected chi connectivity index (χ3v) is 6.13. The van der Waals surface area contributed by atoms with Crippen LogP contribution >= 0.6 is 27.5 Å². The summed E-state index contributed by atoms with van der Waals surface area (Å²) in [6.07, 6.45) is 5.99. The van der Waals surface area contributed by atoms with Gasteiger partial charge in [-0.1, -0.05) is 35.7 Å². The first-order valence-electron chi connectivity index (χ1n) is 7.11. The van der Waals surface area contributed by atoms with Crippen LogP contribution in [0.2, 0.25) is 0 Å². The Bertz CT molecular complexity index is 685. The van der Waals surface area contributed by atoms with Crippen LogP contribution in [-0.4, -0.2) is 9.97 Å². The molecule has 0 saturated heterocycles. The molecule has 0 radical (unpaired) electrons. The number of hydrogen-bond donors (Lipinski definition) is 2. The van der Waals surface area contributed by atoms with Gasteiger partial charge in [-0.25, -0.2) is 4.79 Å². The first kappa shape index (κ1) is 14.2. The van der Waals surface area contributed by atoms with Crippen LogP contribution in [0.25, 0.3) is 11.0 Å². The van der Waals surface area contributed by atoms with Crippen molar-refractivity contribution in [3.8, 4) is 0 Å². The lowest BCUT2D eigenvalue weighted by molar-refractivity contribution is 0.270. The van der Waals surface area contributed by atoms with Gasteiger partial charge in [0, 0.05) is 4.47 Å². The highest BCUT2D eigenvalue weighted by atomic mass is 79.9. The molecule has 108 valence electrons. The lowest BCUT2D eigenvalue weighted by Gasteiger charge is -2.33. The fraction of sp³-hybridized carbons (Fsp3) is 0.533. The van der Waals surface area contributed by atoms with Crippen molar-refractivity contribution in [3.05, 3.63) is 32.7 Å². The molecule has 5 heteroatoms. The minimum absolute atomic E-state index is 0.0211. The van der Waals surface area contributed by atoms with Gasteiger partial charge in [-0.2, -0.15) is 0 Å². The Balaban J connectivity index is 2.08. The summed E-state index contributed by atoms with van der Waals surface area (Å²) >= 11 is 10.5. The zero-order valence-corrected chi connectivity index (χ0v) is 13.8. The molecule has 1 aromatic carbocycles. The number of nitrogens with one attached hydrogen (secondary N) is 2. The summed E-state index contributed by atoms with van der Waals surface area (Å²) in [4.78, 5) is 17.0. The van der Waals surface area contributed by atoms with Gasteiger partial charge in [-0.05, 0) is 42.4 Å². The van der Waals surface area contributed by atoms with Crippen LogP contribution in [0.4, 0.5) is 0 Å². The van der Waals surface area contributed by atoms with Crippen LogP contribution in [0, 0.1) is 5.41 Å². The second-order valence-electron chi connectivity index (χ2n) is 5.78. The molecule has 1 saturated carbocycles. The van der Waals surface area contributed by atoms with E-state index in [1.165, 1.54) is 25.7 Å². The molecule has 2 aromatic rings. The minimum atomic E-state index is -0.179. The number of hydrogen-bond acceptors (Lipinski definition) is 1. The summed E-state index contributed by atoms with van der Waals surface area (Å²) in [5.74, 6) is 0. The quantitative estimate of drug-likeness (QED) is 0.756. The molecule has 20 heavy (non-hydrogen) atoms. The molecular weight excluding hydrogens is 340 g/mol. The Hall–Kier alpha value is -0.740. The summed E-state index contributed by atoms with van der Waals surface area (Å²) < 4.78 is 0.972. The van der Waals surface area contributed by atoms with Gasteiger partial charge >= 0.3 is 5.69 Å². The second-order valence-corrected chi connectivity index (χ2v) is 7.07. The molecule has 1 aliphatic rings. The van der Waals surface area contributed by atoms with Crippen molar-refractivity contribution in [1.82, 2.24) is 9.97 Å². The number of H-pyrrole nitrogens is 2. The SMILES string of the molecule is CCC1(C(Cl)c2cc3[nH]c(=O)[nH]c3cc2Br)CCCC1. The van der Waals surface area contributed by atoms with E-state index in [1.54, 1.807) is 0 Å². The van der Waals surface area contributed by atoms with Crippen molar-refractivity contribution >= 4 is 38.6 Å². The van der Waals surface area contributed by atoms with E-state index in [4.69, 9.17) is 11.6 Å². The number of aromatic nitrogens is 2. The van der Waals surface area contributed by atoms with Gasteiger partial charge in [-0.15, -0.1) is 11.6 Å². The Morgan fingerprint density at radius 1 is 1.30 bits per heavy atom. The van der Waals surface area contributed by atoms with Gasteiger partial charge in [0.1, 0.15) is 0 Å². The first-order valence-corrected chi connectivity index (χ1v) is 8.34. The third kappa shape index (κ3) is 2.23. The molecule has 1 atom stereocenters. The van der Waals surface area contributed by atoms with Gasteiger partial charge in [0.05, 0.1) is 16.4 Å². The number of benzene rings is 1. The molecule has 1 heterocycles. The first-order chi connectivity index (χ1) is 9.55. The maximum atomic E-state index is 11.4. The smallest absolute Gasteiger partial charge is 0.306 e. The van der Waals surface area contributed by atoms with E-state index in [-0.39, 0.29) is 16.5 Å². The van der Waals surface area contributed by atoms with E-state index in [9.17, 15) is 4.79 Å². The number of aromatic amines is 2. The van der Waals surface area contributed by atoms with Gasteiger partial charge < -0.3 is 9.97 Å². The molecular formula is C15H18BrClN2O. The van der Waals surface area contributed by atoms with Crippen molar-refractivity contribution in [3.63, 3.8) is 0 Å². The summed E-state index contributed by atoms with van der Waals surface area (Å²) in [6.45, 7) is 2.23. The molecule has 3 rings (SSSR count). The van der Waals surface area contributed by atoms with Gasteiger partial charge in [0.15, 0.2) is 0 Å². The molecule has 3 nitrogen and oxygen atoms in total. The highest BCUT2D eigenvalue weighted by molar-refractivity contribution is 9.10. The fourth-order valence-electron chi connectivity index (χ4n) is 3.46. The zero-order chi connectivity index (χ0) is 14.3. The zero-order valence-electron chi connectivity index (χ0n) is 11.4. The summed E-state index contributed by atoms with van der Waals surface area (Å²) in [5.41, 5.74) is 2.72. The third-order valence-electron chi connectivity index (χ3n) is 4.75. The largest absolute Gasteiger partial charge is 0.323 e. The summed E-state index contributed by atoms with van der Waals surface area (Å²) in [6, 6.07) is 3.95. The van der Waals surface area contributed by atoms with Crippen LogP contribution in [0.3, 0.4) is 0 Å². The number of alkyl halides is 1. The molecule has 0 spiro atoms. The van der Waals surface area contributed by atoms with Crippen molar-refractivity contribution in [2.75, 3.05) is 0 Å². The molecule has 1 aliphatic carbocycles.